The first-order chi connectivity index (χ1) is 11.5. The van der Waals surface area contributed by atoms with Gasteiger partial charge in [0.25, 0.3) is 5.91 Å². The lowest BCUT2D eigenvalue weighted by Gasteiger charge is -2.23. The zero-order valence-electron chi connectivity index (χ0n) is 14.8. The zero-order chi connectivity index (χ0) is 17.5. The predicted octanol–water partition coefficient (Wildman–Crippen LogP) is 2.73. The first-order valence-corrected chi connectivity index (χ1v) is 9.69. The summed E-state index contributed by atoms with van der Waals surface area (Å²) in [7, 11) is 0. The third kappa shape index (κ3) is 4.93. The van der Waals surface area contributed by atoms with E-state index in [1.165, 1.54) is 11.3 Å². The van der Waals surface area contributed by atoms with Gasteiger partial charge in [-0.3, -0.25) is 9.59 Å². The standard InChI is InChI=1S/C17H28N4O2S/c1-4-5-8-18-17-20-13(11-24-17)16(23)21-9-6-7-14(21)15(22)19-10-12(2)3/h11-12,14H,4-10H2,1-3H3,(H,18,20)(H,19,22). The predicted molar refractivity (Wildman–Crippen MR) is 97.4 cm³/mol. The van der Waals surface area contributed by atoms with Crippen LogP contribution >= 0.6 is 11.3 Å². The van der Waals surface area contributed by atoms with Crippen LogP contribution in [-0.2, 0) is 4.79 Å². The van der Waals surface area contributed by atoms with Crippen molar-refractivity contribution in [2.45, 2.75) is 52.5 Å². The summed E-state index contributed by atoms with van der Waals surface area (Å²) < 4.78 is 0. The number of thiazole rings is 1. The maximum atomic E-state index is 12.7. The molecule has 1 aromatic heterocycles. The zero-order valence-corrected chi connectivity index (χ0v) is 15.6. The molecule has 2 amide bonds. The van der Waals surface area contributed by atoms with E-state index in [4.69, 9.17) is 0 Å². The van der Waals surface area contributed by atoms with Gasteiger partial charge in [0, 0.05) is 25.0 Å². The number of hydrogen-bond acceptors (Lipinski definition) is 5. The third-order valence-electron chi connectivity index (χ3n) is 4.03. The minimum atomic E-state index is -0.366. The molecule has 0 aliphatic carbocycles. The molecular weight excluding hydrogens is 324 g/mol. The van der Waals surface area contributed by atoms with E-state index >= 15 is 0 Å². The summed E-state index contributed by atoms with van der Waals surface area (Å²) in [6.45, 7) is 8.37. The second-order valence-corrected chi connectivity index (χ2v) is 7.47. The van der Waals surface area contributed by atoms with Gasteiger partial charge in [0.2, 0.25) is 5.91 Å². The number of amides is 2. The monoisotopic (exact) mass is 352 g/mol. The Morgan fingerprint density at radius 1 is 1.46 bits per heavy atom. The van der Waals surface area contributed by atoms with E-state index in [0.29, 0.717) is 24.7 Å². The summed E-state index contributed by atoms with van der Waals surface area (Å²) in [4.78, 5) is 31.1. The van der Waals surface area contributed by atoms with Crippen LogP contribution < -0.4 is 10.6 Å². The first-order valence-electron chi connectivity index (χ1n) is 8.81. The fourth-order valence-electron chi connectivity index (χ4n) is 2.68. The smallest absolute Gasteiger partial charge is 0.274 e. The van der Waals surface area contributed by atoms with Crippen LogP contribution in [0.15, 0.2) is 5.38 Å². The summed E-state index contributed by atoms with van der Waals surface area (Å²) in [6.07, 6.45) is 3.77. The van der Waals surface area contributed by atoms with Crippen molar-refractivity contribution in [3.05, 3.63) is 11.1 Å². The normalized spacial score (nSPS) is 17.3. The summed E-state index contributed by atoms with van der Waals surface area (Å²) in [5, 5.41) is 8.72. The van der Waals surface area contributed by atoms with E-state index in [9.17, 15) is 9.59 Å². The highest BCUT2D eigenvalue weighted by atomic mass is 32.1. The molecule has 1 unspecified atom stereocenters. The Morgan fingerprint density at radius 2 is 2.25 bits per heavy atom. The van der Waals surface area contributed by atoms with E-state index in [2.05, 4.69) is 36.4 Å². The molecule has 2 N–H and O–H groups in total. The molecule has 0 spiro atoms. The van der Waals surface area contributed by atoms with Crippen molar-refractivity contribution in [2.75, 3.05) is 25.0 Å². The fourth-order valence-corrected chi connectivity index (χ4v) is 3.39. The highest BCUT2D eigenvalue weighted by molar-refractivity contribution is 7.13. The van der Waals surface area contributed by atoms with Crippen molar-refractivity contribution >= 4 is 28.3 Å². The Kier molecular flexibility index (Phi) is 7.02. The molecule has 2 rings (SSSR count). The molecule has 24 heavy (non-hydrogen) atoms. The first kappa shape index (κ1) is 18.7. The summed E-state index contributed by atoms with van der Waals surface area (Å²) in [6, 6.07) is -0.366. The molecule has 1 fully saturated rings. The molecular formula is C17H28N4O2S. The van der Waals surface area contributed by atoms with E-state index < -0.39 is 0 Å². The average Bonchev–Trinajstić information content (AvgIpc) is 3.21. The highest BCUT2D eigenvalue weighted by Gasteiger charge is 2.35. The number of carbonyl (C=O) groups excluding carboxylic acids is 2. The van der Waals surface area contributed by atoms with Gasteiger partial charge in [0.05, 0.1) is 0 Å². The Bertz CT molecular complexity index is 559. The molecule has 134 valence electrons. The number of likely N-dealkylation sites (tertiary alicyclic amines) is 1. The van der Waals surface area contributed by atoms with Crippen LogP contribution in [-0.4, -0.2) is 47.4 Å². The number of carbonyl (C=O) groups is 2. The van der Waals surface area contributed by atoms with E-state index in [-0.39, 0.29) is 17.9 Å². The van der Waals surface area contributed by atoms with Crippen molar-refractivity contribution in [1.82, 2.24) is 15.2 Å². The number of rotatable bonds is 8. The third-order valence-corrected chi connectivity index (χ3v) is 4.83. The number of nitrogens with one attached hydrogen (secondary N) is 2. The lowest BCUT2D eigenvalue weighted by Crippen LogP contribution is -2.46. The van der Waals surface area contributed by atoms with E-state index in [1.54, 1.807) is 10.3 Å². The van der Waals surface area contributed by atoms with Crippen LogP contribution in [0.25, 0.3) is 0 Å². The van der Waals surface area contributed by atoms with Gasteiger partial charge in [-0.15, -0.1) is 11.3 Å². The summed E-state index contributed by atoms with van der Waals surface area (Å²) in [5.74, 6) is 0.206. The van der Waals surface area contributed by atoms with Gasteiger partial charge >= 0.3 is 0 Å². The molecule has 1 saturated heterocycles. The van der Waals surface area contributed by atoms with Crippen LogP contribution in [0.2, 0.25) is 0 Å². The summed E-state index contributed by atoms with van der Waals surface area (Å²) in [5.41, 5.74) is 0.433. The van der Waals surface area contributed by atoms with Crippen LogP contribution in [0.1, 0.15) is 56.9 Å². The molecule has 1 aliphatic heterocycles. The molecule has 0 bridgehead atoms. The lowest BCUT2D eigenvalue weighted by atomic mass is 10.1. The van der Waals surface area contributed by atoms with Crippen LogP contribution in [0, 0.1) is 5.92 Å². The molecule has 7 heteroatoms. The molecule has 1 aromatic rings. The number of anilines is 1. The number of aromatic nitrogens is 1. The number of hydrogen-bond donors (Lipinski definition) is 2. The lowest BCUT2D eigenvalue weighted by molar-refractivity contribution is -0.125. The number of nitrogens with zero attached hydrogens (tertiary/aromatic N) is 2. The van der Waals surface area contributed by atoms with Gasteiger partial charge in [-0.2, -0.15) is 0 Å². The second-order valence-electron chi connectivity index (χ2n) is 6.61. The Balaban J connectivity index is 1.96. The SMILES string of the molecule is CCCCNc1nc(C(=O)N2CCCC2C(=O)NCC(C)C)cs1. The minimum absolute atomic E-state index is 0.0499. The molecule has 2 heterocycles. The average molecular weight is 353 g/mol. The van der Waals surface area contributed by atoms with Crippen molar-refractivity contribution in [3.63, 3.8) is 0 Å². The molecule has 0 saturated carbocycles. The van der Waals surface area contributed by atoms with Gasteiger partial charge in [-0.25, -0.2) is 4.98 Å². The largest absolute Gasteiger partial charge is 0.362 e. The Labute approximate surface area is 148 Å². The van der Waals surface area contributed by atoms with Crippen LogP contribution in [0.4, 0.5) is 5.13 Å². The van der Waals surface area contributed by atoms with Crippen LogP contribution in [0.5, 0.6) is 0 Å². The van der Waals surface area contributed by atoms with Crippen molar-refractivity contribution < 1.29 is 9.59 Å². The molecule has 1 aliphatic rings. The molecule has 1 atom stereocenters. The maximum absolute atomic E-state index is 12.7. The second kappa shape index (κ2) is 9.01. The van der Waals surface area contributed by atoms with Crippen LogP contribution in [0.3, 0.4) is 0 Å². The maximum Gasteiger partial charge on any atom is 0.274 e. The fraction of sp³-hybridized carbons (Fsp3) is 0.706. The quantitative estimate of drug-likeness (QED) is 0.706. The molecule has 0 radical (unpaired) electrons. The van der Waals surface area contributed by atoms with Crippen molar-refractivity contribution in [2.24, 2.45) is 5.92 Å². The molecule has 0 aromatic carbocycles. The van der Waals surface area contributed by atoms with Gasteiger partial charge in [0.1, 0.15) is 11.7 Å². The highest BCUT2D eigenvalue weighted by Crippen LogP contribution is 2.23. The van der Waals surface area contributed by atoms with Crippen molar-refractivity contribution in [3.8, 4) is 0 Å². The van der Waals surface area contributed by atoms with E-state index in [1.807, 2.05) is 0 Å². The Morgan fingerprint density at radius 3 is 2.96 bits per heavy atom. The molecule has 6 nitrogen and oxygen atoms in total. The van der Waals surface area contributed by atoms with Crippen molar-refractivity contribution in [1.29, 1.82) is 0 Å². The Hall–Kier alpha value is -1.63. The minimum Gasteiger partial charge on any atom is -0.362 e. The van der Waals surface area contributed by atoms with Gasteiger partial charge in [-0.1, -0.05) is 27.2 Å². The van der Waals surface area contributed by atoms with Gasteiger partial charge in [-0.05, 0) is 25.2 Å². The van der Waals surface area contributed by atoms with Gasteiger partial charge in [0.15, 0.2) is 5.13 Å². The van der Waals surface area contributed by atoms with E-state index in [0.717, 1.165) is 37.4 Å². The summed E-state index contributed by atoms with van der Waals surface area (Å²) >= 11 is 1.44. The van der Waals surface area contributed by atoms with Gasteiger partial charge < -0.3 is 15.5 Å². The topological polar surface area (TPSA) is 74.3 Å². The number of unbranched alkanes of at least 4 members (excludes halogenated alkanes) is 1.